The maximum atomic E-state index is 12.7. The SMILES string of the molecule is CC[C@@H](C)NC(=O)C[NH+]1CCN(S(=O)(=O)c2ccc(Cl)c(Cl)c2)CC1. The molecule has 1 aromatic rings. The molecule has 1 aromatic carbocycles. The summed E-state index contributed by atoms with van der Waals surface area (Å²) in [5.41, 5.74) is 0. The number of sulfonamides is 1. The summed E-state index contributed by atoms with van der Waals surface area (Å²) < 4.78 is 26.8. The van der Waals surface area contributed by atoms with E-state index in [1.807, 2.05) is 13.8 Å². The Morgan fingerprint density at radius 3 is 2.48 bits per heavy atom. The minimum absolute atomic E-state index is 0.00476. The Kier molecular flexibility index (Phi) is 7.10. The molecule has 6 nitrogen and oxygen atoms in total. The number of carbonyl (C=O) groups is 1. The first-order valence-corrected chi connectivity index (χ1v) is 10.5. The molecule has 1 saturated heterocycles. The van der Waals surface area contributed by atoms with Gasteiger partial charge in [-0.2, -0.15) is 4.31 Å². The van der Waals surface area contributed by atoms with Crippen molar-refractivity contribution in [3.63, 3.8) is 0 Å². The van der Waals surface area contributed by atoms with E-state index in [4.69, 9.17) is 23.2 Å². The van der Waals surface area contributed by atoms with Crippen molar-refractivity contribution in [3.05, 3.63) is 28.2 Å². The van der Waals surface area contributed by atoms with Crippen LogP contribution in [0, 0.1) is 0 Å². The van der Waals surface area contributed by atoms with Gasteiger partial charge in [-0.3, -0.25) is 4.79 Å². The molecular formula is C16H24Cl2N3O3S+. The van der Waals surface area contributed by atoms with Crippen molar-refractivity contribution in [2.24, 2.45) is 0 Å². The molecule has 0 radical (unpaired) electrons. The van der Waals surface area contributed by atoms with Crippen LogP contribution < -0.4 is 10.2 Å². The summed E-state index contributed by atoms with van der Waals surface area (Å²) in [7, 11) is -3.60. The summed E-state index contributed by atoms with van der Waals surface area (Å²) in [6.07, 6.45) is 0.886. The molecule has 1 aliphatic rings. The predicted molar refractivity (Wildman–Crippen MR) is 98.7 cm³/mol. The van der Waals surface area contributed by atoms with Crippen LogP contribution in [0.4, 0.5) is 0 Å². The number of nitrogens with zero attached hydrogens (tertiary/aromatic N) is 1. The molecule has 0 aromatic heterocycles. The molecule has 2 rings (SSSR count). The molecule has 0 spiro atoms. The topological polar surface area (TPSA) is 70.9 Å². The zero-order valence-corrected chi connectivity index (χ0v) is 16.7. The number of hydrogen-bond acceptors (Lipinski definition) is 3. The Morgan fingerprint density at radius 2 is 1.92 bits per heavy atom. The Balaban J connectivity index is 1.94. The van der Waals surface area contributed by atoms with E-state index in [0.717, 1.165) is 11.3 Å². The van der Waals surface area contributed by atoms with Gasteiger partial charge in [0, 0.05) is 6.04 Å². The van der Waals surface area contributed by atoms with Gasteiger partial charge in [-0.05, 0) is 31.5 Å². The maximum absolute atomic E-state index is 12.7. The number of nitrogens with one attached hydrogen (secondary N) is 2. The lowest BCUT2D eigenvalue weighted by molar-refractivity contribution is -0.895. The molecule has 25 heavy (non-hydrogen) atoms. The summed E-state index contributed by atoms with van der Waals surface area (Å²) in [5.74, 6) is 0.00476. The monoisotopic (exact) mass is 408 g/mol. The van der Waals surface area contributed by atoms with E-state index in [1.54, 1.807) is 0 Å². The zero-order chi connectivity index (χ0) is 18.6. The Morgan fingerprint density at radius 1 is 1.28 bits per heavy atom. The predicted octanol–water partition coefficient (Wildman–Crippen LogP) is 0.797. The second kappa shape index (κ2) is 8.68. The second-order valence-electron chi connectivity index (χ2n) is 6.28. The van der Waals surface area contributed by atoms with Crippen molar-refractivity contribution >= 4 is 39.1 Å². The lowest BCUT2D eigenvalue weighted by atomic mass is 10.2. The van der Waals surface area contributed by atoms with Crippen LogP contribution in [0.2, 0.25) is 10.0 Å². The van der Waals surface area contributed by atoms with Gasteiger partial charge in [0.05, 0.1) is 41.1 Å². The number of hydrogen-bond donors (Lipinski definition) is 2. The number of amides is 1. The quantitative estimate of drug-likeness (QED) is 0.730. The van der Waals surface area contributed by atoms with E-state index in [0.29, 0.717) is 37.7 Å². The average Bonchev–Trinajstić information content (AvgIpc) is 2.57. The van der Waals surface area contributed by atoms with Crippen LogP contribution in [-0.4, -0.2) is 57.4 Å². The average molecular weight is 409 g/mol. The van der Waals surface area contributed by atoms with Crippen LogP contribution in [0.15, 0.2) is 23.1 Å². The minimum atomic E-state index is -3.60. The van der Waals surface area contributed by atoms with E-state index in [9.17, 15) is 13.2 Å². The second-order valence-corrected chi connectivity index (χ2v) is 9.04. The Bertz CT molecular complexity index is 719. The first-order valence-electron chi connectivity index (χ1n) is 8.32. The molecule has 1 aliphatic heterocycles. The fourth-order valence-corrected chi connectivity index (χ4v) is 4.49. The summed E-state index contributed by atoms with van der Waals surface area (Å²) in [4.78, 5) is 13.2. The van der Waals surface area contributed by atoms with Crippen molar-refractivity contribution < 1.29 is 18.1 Å². The standard InChI is InChI=1S/C16H23Cl2N3O3S/c1-3-12(2)19-16(22)11-20-6-8-21(9-7-20)25(23,24)13-4-5-14(17)15(18)10-13/h4-5,10,12H,3,6-9,11H2,1-2H3,(H,19,22)/p+1/t12-/m1/s1. The summed E-state index contributed by atoms with van der Waals surface area (Å²) in [6.45, 7) is 6.27. The van der Waals surface area contributed by atoms with Crippen molar-refractivity contribution in [1.29, 1.82) is 0 Å². The smallest absolute Gasteiger partial charge is 0.275 e. The Labute approximate surface area is 159 Å². The third-order valence-electron chi connectivity index (χ3n) is 4.39. The molecule has 0 aliphatic carbocycles. The van der Waals surface area contributed by atoms with Gasteiger partial charge in [0.1, 0.15) is 0 Å². The number of carbonyl (C=O) groups excluding carboxylic acids is 1. The molecule has 0 unspecified atom stereocenters. The zero-order valence-electron chi connectivity index (χ0n) is 14.4. The van der Waals surface area contributed by atoms with Crippen molar-refractivity contribution in [2.45, 2.75) is 31.2 Å². The number of piperazine rings is 1. The highest BCUT2D eigenvalue weighted by Gasteiger charge is 2.31. The van der Waals surface area contributed by atoms with Crippen LogP contribution in [0.5, 0.6) is 0 Å². The molecular weight excluding hydrogens is 385 g/mol. The summed E-state index contributed by atoms with van der Waals surface area (Å²) in [5, 5.41) is 3.47. The van der Waals surface area contributed by atoms with E-state index in [-0.39, 0.29) is 21.9 Å². The number of benzene rings is 1. The van der Waals surface area contributed by atoms with Crippen LogP contribution >= 0.6 is 23.2 Å². The lowest BCUT2D eigenvalue weighted by Gasteiger charge is -2.31. The van der Waals surface area contributed by atoms with Gasteiger partial charge in [-0.1, -0.05) is 30.1 Å². The van der Waals surface area contributed by atoms with Gasteiger partial charge in [0.25, 0.3) is 5.91 Å². The van der Waals surface area contributed by atoms with E-state index >= 15 is 0 Å². The number of halogens is 2. The van der Waals surface area contributed by atoms with Crippen LogP contribution in [0.3, 0.4) is 0 Å². The van der Waals surface area contributed by atoms with Crippen molar-refractivity contribution in [3.8, 4) is 0 Å². The van der Waals surface area contributed by atoms with Crippen molar-refractivity contribution in [1.82, 2.24) is 9.62 Å². The minimum Gasteiger partial charge on any atom is -0.349 e. The first-order chi connectivity index (χ1) is 11.7. The first kappa shape index (κ1) is 20.5. The molecule has 9 heteroatoms. The maximum Gasteiger partial charge on any atom is 0.275 e. The summed E-state index contributed by atoms with van der Waals surface area (Å²) in [6, 6.07) is 4.47. The molecule has 1 fully saturated rings. The highest BCUT2D eigenvalue weighted by molar-refractivity contribution is 7.89. The largest absolute Gasteiger partial charge is 0.349 e. The van der Waals surface area contributed by atoms with Crippen LogP contribution in [-0.2, 0) is 14.8 Å². The molecule has 2 N–H and O–H groups in total. The fraction of sp³-hybridized carbons (Fsp3) is 0.562. The van der Waals surface area contributed by atoms with Gasteiger partial charge in [0.2, 0.25) is 10.0 Å². The molecule has 1 amide bonds. The molecule has 0 saturated carbocycles. The van der Waals surface area contributed by atoms with E-state index < -0.39 is 10.0 Å². The van der Waals surface area contributed by atoms with Crippen molar-refractivity contribution in [2.75, 3.05) is 32.7 Å². The fourth-order valence-electron chi connectivity index (χ4n) is 2.66. The lowest BCUT2D eigenvalue weighted by Crippen LogP contribution is -3.15. The number of rotatable bonds is 6. The van der Waals surface area contributed by atoms with E-state index in [2.05, 4.69) is 5.32 Å². The van der Waals surface area contributed by atoms with Gasteiger partial charge in [-0.25, -0.2) is 8.42 Å². The third-order valence-corrected chi connectivity index (χ3v) is 7.02. The number of quaternary nitrogens is 1. The molecule has 140 valence electrons. The molecule has 1 atom stereocenters. The van der Waals surface area contributed by atoms with Gasteiger partial charge in [0.15, 0.2) is 6.54 Å². The normalized spacial score (nSPS) is 18.1. The highest BCUT2D eigenvalue weighted by atomic mass is 35.5. The third kappa shape index (κ3) is 5.31. The Hall–Kier alpha value is -0.860. The van der Waals surface area contributed by atoms with Gasteiger partial charge in [-0.15, -0.1) is 0 Å². The van der Waals surface area contributed by atoms with E-state index in [1.165, 1.54) is 22.5 Å². The van der Waals surface area contributed by atoms with Crippen LogP contribution in [0.25, 0.3) is 0 Å². The summed E-state index contributed by atoms with van der Waals surface area (Å²) >= 11 is 11.8. The van der Waals surface area contributed by atoms with Gasteiger partial charge < -0.3 is 10.2 Å². The van der Waals surface area contributed by atoms with Crippen LogP contribution in [0.1, 0.15) is 20.3 Å². The molecule has 0 bridgehead atoms. The van der Waals surface area contributed by atoms with Gasteiger partial charge >= 0.3 is 0 Å². The molecule has 1 heterocycles. The highest BCUT2D eigenvalue weighted by Crippen LogP contribution is 2.26.